The number of furan rings is 1. The van der Waals surface area contributed by atoms with E-state index in [9.17, 15) is 31.1 Å². The maximum atomic E-state index is 12.5. The summed E-state index contributed by atoms with van der Waals surface area (Å²) in [6.07, 6.45) is -8.42. The Balaban J connectivity index is 0.000000301. The average molecular weight is 561 g/mol. The maximum Gasteiger partial charge on any atom is 0.490 e. The van der Waals surface area contributed by atoms with Crippen molar-refractivity contribution in [2.45, 2.75) is 50.7 Å². The van der Waals surface area contributed by atoms with Crippen LogP contribution in [0.15, 0.2) is 16.5 Å². The molecule has 216 valence electrons. The Bertz CT molecular complexity index is 923. The highest BCUT2D eigenvalue weighted by molar-refractivity contribution is 5.80. The molecular formula is C22H29F6N3O7. The lowest BCUT2D eigenvalue weighted by molar-refractivity contribution is -0.193. The number of nitrogens with zero attached hydrogens (tertiary/aromatic N) is 3. The Labute approximate surface area is 213 Å². The van der Waals surface area contributed by atoms with Gasteiger partial charge in [0.15, 0.2) is 0 Å². The molecule has 1 aromatic rings. The van der Waals surface area contributed by atoms with Crippen LogP contribution in [-0.4, -0.2) is 113 Å². The molecule has 0 unspecified atom stereocenters. The highest BCUT2D eigenvalue weighted by atomic mass is 19.4. The molecule has 3 aliphatic heterocycles. The lowest BCUT2D eigenvalue weighted by atomic mass is 10.1. The van der Waals surface area contributed by atoms with Crippen molar-refractivity contribution in [3.05, 3.63) is 23.7 Å². The highest BCUT2D eigenvalue weighted by Gasteiger charge is 2.46. The van der Waals surface area contributed by atoms with Gasteiger partial charge >= 0.3 is 24.3 Å². The van der Waals surface area contributed by atoms with Crippen molar-refractivity contribution in [1.29, 1.82) is 0 Å². The lowest BCUT2D eigenvalue weighted by Crippen LogP contribution is -2.44. The second-order valence-electron chi connectivity index (χ2n) is 8.76. The van der Waals surface area contributed by atoms with Gasteiger partial charge in [0.1, 0.15) is 11.5 Å². The highest BCUT2D eigenvalue weighted by Crippen LogP contribution is 2.33. The third-order valence-electron chi connectivity index (χ3n) is 6.13. The molecule has 3 saturated heterocycles. The van der Waals surface area contributed by atoms with E-state index in [4.69, 9.17) is 29.0 Å². The first-order valence-corrected chi connectivity index (χ1v) is 11.6. The predicted octanol–water partition coefficient (Wildman–Crippen LogP) is 2.36. The smallest absolute Gasteiger partial charge is 0.475 e. The minimum absolute atomic E-state index is 0.318. The standard InChI is InChI=1S/C18H27N3O3.2C2HF3O2/c1-14-2-3-15(24-14)13-20-5-4-16-17(20)12-18(22)21(16)7-6-19-8-10-23-11-9-19;2*3-2(4,5)1(6)7/h2-3,16-17H,4-13H2,1H3;2*(H,6,7)/t16-,17+;;/m0../s1. The quantitative estimate of drug-likeness (QED) is 0.522. The predicted molar refractivity (Wildman–Crippen MR) is 117 cm³/mol. The number of hydrogen-bond acceptors (Lipinski definition) is 7. The Morgan fingerprint density at radius 2 is 1.50 bits per heavy atom. The number of morpholine rings is 1. The van der Waals surface area contributed by atoms with Gasteiger partial charge in [0, 0.05) is 51.2 Å². The zero-order valence-electron chi connectivity index (χ0n) is 20.4. The van der Waals surface area contributed by atoms with E-state index in [1.807, 2.05) is 13.0 Å². The van der Waals surface area contributed by atoms with Crippen LogP contribution in [0.25, 0.3) is 0 Å². The lowest BCUT2D eigenvalue weighted by Gasteiger charge is -2.30. The van der Waals surface area contributed by atoms with E-state index < -0.39 is 24.3 Å². The van der Waals surface area contributed by atoms with E-state index in [2.05, 4.69) is 20.8 Å². The van der Waals surface area contributed by atoms with E-state index in [0.29, 0.717) is 24.4 Å². The largest absolute Gasteiger partial charge is 0.490 e. The van der Waals surface area contributed by atoms with Crippen LogP contribution in [0.1, 0.15) is 24.4 Å². The van der Waals surface area contributed by atoms with E-state index in [-0.39, 0.29) is 0 Å². The molecule has 3 aliphatic rings. The van der Waals surface area contributed by atoms with Crippen LogP contribution in [0.2, 0.25) is 0 Å². The van der Waals surface area contributed by atoms with E-state index in [1.54, 1.807) is 0 Å². The van der Waals surface area contributed by atoms with Crippen LogP contribution < -0.4 is 0 Å². The minimum Gasteiger partial charge on any atom is -0.475 e. The molecule has 3 fully saturated rings. The summed E-state index contributed by atoms with van der Waals surface area (Å²) >= 11 is 0. The van der Waals surface area contributed by atoms with Crippen LogP contribution in [0.5, 0.6) is 0 Å². The number of likely N-dealkylation sites (tertiary alicyclic amines) is 2. The summed E-state index contributed by atoms with van der Waals surface area (Å²) in [5.41, 5.74) is 0. The van der Waals surface area contributed by atoms with Crippen molar-refractivity contribution in [2.75, 3.05) is 45.9 Å². The molecule has 0 aromatic carbocycles. The molecule has 0 saturated carbocycles. The molecule has 0 radical (unpaired) electrons. The molecule has 16 heteroatoms. The number of halogens is 6. The van der Waals surface area contributed by atoms with Gasteiger partial charge in [-0.2, -0.15) is 26.3 Å². The van der Waals surface area contributed by atoms with Gasteiger partial charge in [-0.05, 0) is 25.5 Å². The fraction of sp³-hybridized carbons (Fsp3) is 0.682. The number of fused-ring (bicyclic) bond motifs is 1. The number of ether oxygens (including phenoxy) is 1. The Morgan fingerprint density at radius 3 is 1.97 bits per heavy atom. The second kappa shape index (κ2) is 13.3. The third-order valence-corrected chi connectivity index (χ3v) is 6.13. The molecule has 2 atom stereocenters. The Hall–Kier alpha value is -2.85. The molecule has 2 N–H and O–H groups in total. The summed E-state index contributed by atoms with van der Waals surface area (Å²) in [5, 5.41) is 14.2. The van der Waals surface area contributed by atoms with Crippen molar-refractivity contribution in [3.63, 3.8) is 0 Å². The first kappa shape index (κ1) is 31.4. The van der Waals surface area contributed by atoms with Crippen molar-refractivity contribution in [2.24, 2.45) is 0 Å². The van der Waals surface area contributed by atoms with Gasteiger partial charge in [-0.1, -0.05) is 0 Å². The molecule has 38 heavy (non-hydrogen) atoms. The molecule has 0 spiro atoms. The average Bonchev–Trinajstić information content (AvgIpc) is 3.49. The number of amides is 1. The molecule has 1 aromatic heterocycles. The monoisotopic (exact) mass is 561 g/mol. The zero-order valence-corrected chi connectivity index (χ0v) is 20.4. The number of carboxylic acid groups (broad SMARTS) is 2. The molecule has 10 nitrogen and oxygen atoms in total. The molecule has 1 amide bonds. The van der Waals surface area contributed by atoms with Gasteiger partial charge in [0.2, 0.25) is 5.91 Å². The summed E-state index contributed by atoms with van der Waals surface area (Å²) in [5.74, 6) is -3.23. The van der Waals surface area contributed by atoms with Gasteiger partial charge in [-0.25, -0.2) is 9.59 Å². The fourth-order valence-corrected chi connectivity index (χ4v) is 4.34. The summed E-state index contributed by atoms with van der Waals surface area (Å²) in [6, 6.07) is 4.80. The van der Waals surface area contributed by atoms with Crippen molar-refractivity contribution in [3.8, 4) is 0 Å². The number of aliphatic carboxylic acids is 2. The summed E-state index contributed by atoms with van der Waals surface area (Å²) < 4.78 is 74.6. The van der Waals surface area contributed by atoms with Gasteiger partial charge in [-0.15, -0.1) is 0 Å². The number of aryl methyl sites for hydroxylation is 1. The van der Waals surface area contributed by atoms with E-state index >= 15 is 0 Å². The van der Waals surface area contributed by atoms with E-state index in [1.165, 1.54) is 0 Å². The summed E-state index contributed by atoms with van der Waals surface area (Å²) in [4.78, 5) is 37.3. The van der Waals surface area contributed by atoms with Gasteiger partial charge in [0.05, 0.1) is 19.8 Å². The zero-order chi connectivity index (χ0) is 28.7. The van der Waals surface area contributed by atoms with Gasteiger partial charge in [0.25, 0.3) is 0 Å². The first-order valence-electron chi connectivity index (χ1n) is 11.6. The Kier molecular flexibility index (Phi) is 11.0. The number of rotatable bonds is 5. The third kappa shape index (κ3) is 9.47. The van der Waals surface area contributed by atoms with Crippen LogP contribution >= 0.6 is 0 Å². The molecule has 4 heterocycles. The number of carbonyl (C=O) groups is 3. The van der Waals surface area contributed by atoms with Gasteiger partial charge < -0.3 is 24.3 Å². The van der Waals surface area contributed by atoms with E-state index in [0.717, 1.165) is 70.4 Å². The molecule has 0 aliphatic carbocycles. The molecular weight excluding hydrogens is 532 g/mol. The van der Waals surface area contributed by atoms with Crippen molar-refractivity contribution >= 4 is 17.8 Å². The number of alkyl halides is 6. The van der Waals surface area contributed by atoms with Crippen molar-refractivity contribution < 1.29 is 60.1 Å². The fourth-order valence-electron chi connectivity index (χ4n) is 4.34. The number of carboxylic acids is 2. The van der Waals surface area contributed by atoms with Gasteiger partial charge in [-0.3, -0.25) is 14.6 Å². The van der Waals surface area contributed by atoms with Crippen LogP contribution in [-0.2, 0) is 25.7 Å². The number of hydrogen-bond donors (Lipinski definition) is 2. The second-order valence-corrected chi connectivity index (χ2v) is 8.76. The topological polar surface area (TPSA) is 124 Å². The summed E-state index contributed by atoms with van der Waals surface area (Å²) in [6.45, 7) is 9.27. The van der Waals surface area contributed by atoms with Crippen LogP contribution in [0.4, 0.5) is 26.3 Å². The number of carbonyl (C=O) groups excluding carboxylic acids is 1. The Morgan fingerprint density at radius 1 is 0.947 bits per heavy atom. The minimum atomic E-state index is -5.08. The summed E-state index contributed by atoms with van der Waals surface area (Å²) in [7, 11) is 0. The maximum absolute atomic E-state index is 12.5. The van der Waals surface area contributed by atoms with Crippen molar-refractivity contribution in [1.82, 2.24) is 14.7 Å². The SMILES string of the molecule is Cc1ccc(CN2CC[C@H]3[C@H]2CC(=O)N3CCN2CCOCC2)o1.O=C(O)C(F)(F)F.O=C(O)C(F)(F)F. The van der Waals surface area contributed by atoms with Crippen LogP contribution in [0.3, 0.4) is 0 Å². The first-order chi connectivity index (χ1) is 17.6. The molecule has 4 rings (SSSR count). The molecule has 0 bridgehead atoms. The normalized spacial score (nSPS) is 22.3. The van der Waals surface area contributed by atoms with Crippen LogP contribution in [0, 0.1) is 6.92 Å².